The van der Waals surface area contributed by atoms with E-state index in [2.05, 4.69) is 0 Å². The molecule has 0 amide bonds. The van der Waals surface area contributed by atoms with Gasteiger partial charge < -0.3 is 10.2 Å². The Balaban J connectivity index is 2.24. The highest BCUT2D eigenvalue weighted by Crippen LogP contribution is 2.24. The van der Waals surface area contributed by atoms with Gasteiger partial charge in [0.1, 0.15) is 11.6 Å². The van der Waals surface area contributed by atoms with Gasteiger partial charge in [0.25, 0.3) is 0 Å². The van der Waals surface area contributed by atoms with Crippen molar-refractivity contribution in [1.29, 1.82) is 0 Å². The minimum absolute atomic E-state index is 0.105. The Bertz CT molecular complexity index is 513. The number of benzene rings is 1. The first-order valence-electron chi connectivity index (χ1n) is 4.99. The van der Waals surface area contributed by atoms with E-state index in [4.69, 9.17) is 21.8 Å². The molecule has 1 aromatic carbocycles. The highest BCUT2D eigenvalue weighted by atomic mass is 35.5. The lowest BCUT2D eigenvalue weighted by Crippen LogP contribution is -2.15. The molecule has 17 heavy (non-hydrogen) atoms. The Morgan fingerprint density at radius 3 is 2.71 bits per heavy atom. The molecule has 0 aliphatic heterocycles. The second-order valence-electron chi connectivity index (χ2n) is 3.73. The maximum Gasteiger partial charge on any atom is 0.142 e. The minimum Gasteiger partial charge on any atom is -0.472 e. The average molecular weight is 258 g/mol. The van der Waals surface area contributed by atoms with Crippen molar-refractivity contribution in [2.45, 2.75) is 12.5 Å². The lowest BCUT2D eigenvalue weighted by Gasteiger charge is -2.12. The second-order valence-corrected chi connectivity index (χ2v) is 4.14. The van der Waals surface area contributed by atoms with Crippen LogP contribution in [-0.4, -0.2) is 0 Å². The van der Waals surface area contributed by atoms with Gasteiger partial charge in [-0.2, -0.15) is 0 Å². The van der Waals surface area contributed by atoms with Gasteiger partial charge >= 0.3 is 0 Å². The molecule has 0 saturated heterocycles. The minimum atomic E-state index is -0.675. The van der Waals surface area contributed by atoms with E-state index < -0.39 is 17.7 Å². The summed E-state index contributed by atoms with van der Waals surface area (Å²) in [5, 5.41) is -0.248. The molecule has 1 unspecified atom stereocenters. The molecule has 1 heterocycles. The summed E-state index contributed by atoms with van der Waals surface area (Å²) >= 11 is 5.46. The van der Waals surface area contributed by atoms with E-state index in [0.717, 1.165) is 17.7 Å². The van der Waals surface area contributed by atoms with Crippen LogP contribution < -0.4 is 5.73 Å². The summed E-state index contributed by atoms with van der Waals surface area (Å²) in [5.41, 5.74) is 6.75. The molecule has 0 radical (unpaired) electrons. The summed E-state index contributed by atoms with van der Waals surface area (Å²) in [6.45, 7) is 0. The average Bonchev–Trinajstić information content (AvgIpc) is 2.76. The third kappa shape index (κ3) is 2.65. The van der Waals surface area contributed by atoms with Crippen molar-refractivity contribution in [3.63, 3.8) is 0 Å². The van der Waals surface area contributed by atoms with Gasteiger partial charge in [-0.1, -0.05) is 11.6 Å². The van der Waals surface area contributed by atoms with E-state index in [1.165, 1.54) is 12.5 Å². The first-order valence-corrected chi connectivity index (χ1v) is 5.37. The van der Waals surface area contributed by atoms with E-state index in [9.17, 15) is 8.78 Å². The largest absolute Gasteiger partial charge is 0.472 e. The molecular weight excluding hydrogens is 248 g/mol. The van der Waals surface area contributed by atoms with Crippen molar-refractivity contribution in [3.8, 4) is 0 Å². The second kappa shape index (κ2) is 4.85. The van der Waals surface area contributed by atoms with Crippen LogP contribution in [0.25, 0.3) is 0 Å². The Labute approximate surface area is 102 Å². The SMILES string of the molecule is NC(Cc1ccoc1)c1cc(F)c(Cl)cc1F. The van der Waals surface area contributed by atoms with E-state index in [1.54, 1.807) is 6.07 Å². The van der Waals surface area contributed by atoms with Crippen LogP contribution in [0.2, 0.25) is 5.02 Å². The van der Waals surface area contributed by atoms with Crippen LogP contribution in [0.15, 0.2) is 35.1 Å². The van der Waals surface area contributed by atoms with Crippen LogP contribution in [0.3, 0.4) is 0 Å². The maximum atomic E-state index is 13.6. The third-order valence-corrected chi connectivity index (χ3v) is 2.76. The summed E-state index contributed by atoms with van der Waals surface area (Å²) in [6.07, 6.45) is 3.39. The van der Waals surface area contributed by atoms with E-state index in [1.807, 2.05) is 0 Å². The van der Waals surface area contributed by atoms with Gasteiger partial charge in [0.2, 0.25) is 0 Å². The van der Waals surface area contributed by atoms with Gasteiger partial charge in [0.05, 0.1) is 17.5 Å². The molecule has 1 atom stereocenters. The number of hydrogen-bond donors (Lipinski definition) is 1. The Kier molecular flexibility index (Phi) is 3.45. The maximum absolute atomic E-state index is 13.6. The summed E-state index contributed by atoms with van der Waals surface area (Å²) in [6, 6.07) is 3.05. The molecule has 2 aromatic rings. The number of hydrogen-bond acceptors (Lipinski definition) is 2. The smallest absolute Gasteiger partial charge is 0.142 e. The number of nitrogens with two attached hydrogens (primary N) is 1. The van der Waals surface area contributed by atoms with Crippen molar-refractivity contribution in [2.24, 2.45) is 5.73 Å². The molecule has 5 heteroatoms. The van der Waals surface area contributed by atoms with Crippen molar-refractivity contribution in [3.05, 3.63) is 58.5 Å². The standard InChI is InChI=1S/C12H10ClF2NO/c13-9-5-10(14)8(4-11(9)15)12(16)3-7-1-2-17-6-7/h1-2,4-6,12H,3,16H2. The van der Waals surface area contributed by atoms with Gasteiger partial charge in [0.15, 0.2) is 0 Å². The van der Waals surface area contributed by atoms with Crippen molar-refractivity contribution >= 4 is 11.6 Å². The predicted molar refractivity (Wildman–Crippen MR) is 60.7 cm³/mol. The summed E-state index contributed by atoms with van der Waals surface area (Å²) in [4.78, 5) is 0. The highest BCUT2D eigenvalue weighted by molar-refractivity contribution is 6.30. The summed E-state index contributed by atoms with van der Waals surface area (Å²) in [5.74, 6) is -1.28. The van der Waals surface area contributed by atoms with Gasteiger partial charge in [-0.25, -0.2) is 8.78 Å². The predicted octanol–water partition coefficient (Wildman–Crippen LogP) is 3.45. The van der Waals surface area contributed by atoms with Crippen LogP contribution in [-0.2, 0) is 6.42 Å². The fraction of sp³-hybridized carbons (Fsp3) is 0.167. The summed E-state index contributed by atoms with van der Waals surface area (Å²) in [7, 11) is 0. The fourth-order valence-electron chi connectivity index (χ4n) is 1.59. The fourth-order valence-corrected chi connectivity index (χ4v) is 1.75. The quantitative estimate of drug-likeness (QED) is 0.856. The molecule has 0 aliphatic carbocycles. The molecule has 0 aliphatic rings. The van der Waals surface area contributed by atoms with E-state index in [-0.39, 0.29) is 10.6 Å². The van der Waals surface area contributed by atoms with Crippen molar-refractivity contribution in [2.75, 3.05) is 0 Å². The van der Waals surface area contributed by atoms with Crippen molar-refractivity contribution < 1.29 is 13.2 Å². The molecule has 0 fully saturated rings. The molecular formula is C12H10ClF2NO. The first kappa shape index (κ1) is 12.1. The first-order chi connectivity index (χ1) is 8.08. The van der Waals surface area contributed by atoms with E-state index >= 15 is 0 Å². The van der Waals surface area contributed by atoms with Crippen LogP contribution in [0.5, 0.6) is 0 Å². The molecule has 2 rings (SSSR count). The molecule has 2 N–H and O–H groups in total. The molecule has 2 nitrogen and oxygen atoms in total. The Morgan fingerprint density at radius 2 is 2.06 bits per heavy atom. The molecule has 0 saturated carbocycles. The van der Waals surface area contributed by atoms with Gasteiger partial charge in [0, 0.05) is 11.6 Å². The third-order valence-electron chi connectivity index (χ3n) is 2.47. The lowest BCUT2D eigenvalue weighted by atomic mass is 10.0. The zero-order valence-electron chi connectivity index (χ0n) is 8.79. The normalized spacial score (nSPS) is 12.7. The number of halogens is 3. The van der Waals surface area contributed by atoms with Gasteiger partial charge in [-0.05, 0) is 30.2 Å². The van der Waals surface area contributed by atoms with E-state index in [0.29, 0.717) is 6.42 Å². The van der Waals surface area contributed by atoms with Crippen LogP contribution >= 0.6 is 11.6 Å². The van der Waals surface area contributed by atoms with Crippen LogP contribution in [0.4, 0.5) is 8.78 Å². The lowest BCUT2D eigenvalue weighted by molar-refractivity contribution is 0.550. The molecule has 90 valence electrons. The zero-order valence-corrected chi connectivity index (χ0v) is 9.55. The number of furan rings is 1. The molecule has 0 bridgehead atoms. The molecule has 0 spiro atoms. The van der Waals surface area contributed by atoms with Crippen LogP contribution in [0, 0.1) is 11.6 Å². The highest BCUT2D eigenvalue weighted by Gasteiger charge is 2.15. The Hall–Kier alpha value is -1.39. The van der Waals surface area contributed by atoms with Crippen molar-refractivity contribution in [1.82, 2.24) is 0 Å². The van der Waals surface area contributed by atoms with Gasteiger partial charge in [-0.3, -0.25) is 0 Å². The number of rotatable bonds is 3. The Morgan fingerprint density at radius 1 is 1.29 bits per heavy atom. The summed E-state index contributed by atoms with van der Waals surface area (Å²) < 4.78 is 31.7. The molecule has 1 aromatic heterocycles. The monoisotopic (exact) mass is 257 g/mol. The zero-order chi connectivity index (χ0) is 12.4. The topological polar surface area (TPSA) is 39.2 Å². The van der Waals surface area contributed by atoms with Crippen LogP contribution in [0.1, 0.15) is 17.2 Å². The van der Waals surface area contributed by atoms with Gasteiger partial charge in [-0.15, -0.1) is 0 Å².